The average molecular weight is 250 g/mol. The van der Waals surface area contributed by atoms with Gasteiger partial charge in [0.1, 0.15) is 11.6 Å². The zero-order valence-corrected chi connectivity index (χ0v) is 9.06. The summed E-state index contributed by atoms with van der Waals surface area (Å²) in [6.45, 7) is 0. The Labute approximate surface area is 101 Å². The molecule has 0 aliphatic carbocycles. The van der Waals surface area contributed by atoms with E-state index in [1.54, 1.807) is 0 Å². The number of rotatable bonds is 3. The van der Waals surface area contributed by atoms with Crippen molar-refractivity contribution in [2.45, 2.75) is 0 Å². The molecule has 0 fully saturated rings. The minimum Gasteiger partial charge on any atom is -0.478 e. The smallest absolute Gasteiger partial charge is 0.335 e. The number of hydrogen-bond donors (Lipinski definition) is 1. The molecule has 2 aromatic rings. The Morgan fingerprint density at radius 1 is 1.11 bits per heavy atom. The summed E-state index contributed by atoms with van der Waals surface area (Å²) in [6, 6.07) is 8.46. The molecule has 0 amide bonds. The molecule has 92 valence electrons. The van der Waals surface area contributed by atoms with Gasteiger partial charge in [-0.1, -0.05) is 6.07 Å². The SMILES string of the molecule is O=C(O)c1ccc(Oc2cccc(F)c2)c(F)c1. The van der Waals surface area contributed by atoms with Gasteiger partial charge >= 0.3 is 5.97 Å². The van der Waals surface area contributed by atoms with Crippen molar-refractivity contribution in [3.05, 3.63) is 59.7 Å². The first kappa shape index (κ1) is 12.0. The molecule has 18 heavy (non-hydrogen) atoms. The fourth-order valence-corrected chi connectivity index (χ4v) is 1.37. The van der Waals surface area contributed by atoms with E-state index in [1.807, 2.05) is 0 Å². The van der Waals surface area contributed by atoms with E-state index in [-0.39, 0.29) is 17.1 Å². The Balaban J connectivity index is 2.27. The lowest BCUT2D eigenvalue weighted by Gasteiger charge is -2.07. The molecule has 0 spiro atoms. The van der Waals surface area contributed by atoms with E-state index >= 15 is 0 Å². The van der Waals surface area contributed by atoms with Crippen LogP contribution < -0.4 is 4.74 Å². The minimum atomic E-state index is -1.23. The van der Waals surface area contributed by atoms with E-state index in [2.05, 4.69) is 0 Å². The van der Waals surface area contributed by atoms with Crippen molar-refractivity contribution in [2.24, 2.45) is 0 Å². The average Bonchev–Trinajstić information content (AvgIpc) is 2.31. The van der Waals surface area contributed by atoms with Crippen LogP contribution in [0.15, 0.2) is 42.5 Å². The predicted molar refractivity (Wildman–Crippen MR) is 59.8 cm³/mol. The Kier molecular flexibility index (Phi) is 3.23. The molecule has 0 heterocycles. The van der Waals surface area contributed by atoms with Crippen LogP contribution in [0.1, 0.15) is 10.4 Å². The summed E-state index contributed by atoms with van der Waals surface area (Å²) in [5.74, 6) is -2.58. The van der Waals surface area contributed by atoms with Crippen molar-refractivity contribution in [1.82, 2.24) is 0 Å². The van der Waals surface area contributed by atoms with Gasteiger partial charge in [-0.3, -0.25) is 0 Å². The van der Waals surface area contributed by atoms with E-state index in [0.29, 0.717) is 0 Å². The van der Waals surface area contributed by atoms with E-state index < -0.39 is 17.6 Å². The van der Waals surface area contributed by atoms with Crippen molar-refractivity contribution in [1.29, 1.82) is 0 Å². The zero-order valence-electron chi connectivity index (χ0n) is 9.06. The largest absolute Gasteiger partial charge is 0.478 e. The molecule has 0 bridgehead atoms. The summed E-state index contributed by atoms with van der Waals surface area (Å²) >= 11 is 0. The number of aromatic carboxylic acids is 1. The maximum Gasteiger partial charge on any atom is 0.335 e. The number of hydrogen-bond acceptors (Lipinski definition) is 2. The van der Waals surface area contributed by atoms with Gasteiger partial charge in [-0.15, -0.1) is 0 Å². The van der Waals surface area contributed by atoms with Gasteiger partial charge < -0.3 is 9.84 Å². The highest BCUT2D eigenvalue weighted by Gasteiger charge is 2.10. The van der Waals surface area contributed by atoms with E-state index in [1.165, 1.54) is 30.3 Å². The summed E-state index contributed by atoms with van der Waals surface area (Å²) in [5.41, 5.74) is -0.181. The highest BCUT2D eigenvalue weighted by Crippen LogP contribution is 2.25. The minimum absolute atomic E-state index is 0.136. The summed E-state index contributed by atoms with van der Waals surface area (Å²) < 4.78 is 31.5. The van der Waals surface area contributed by atoms with Crippen LogP contribution in [-0.4, -0.2) is 11.1 Å². The molecule has 1 N–H and O–H groups in total. The van der Waals surface area contributed by atoms with Crippen LogP contribution in [0.4, 0.5) is 8.78 Å². The molecule has 0 unspecified atom stereocenters. The molecule has 0 atom stereocenters. The van der Waals surface area contributed by atoms with Crippen molar-refractivity contribution >= 4 is 5.97 Å². The van der Waals surface area contributed by atoms with Crippen LogP contribution >= 0.6 is 0 Å². The molecule has 0 saturated heterocycles. The normalized spacial score (nSPS) is 10.1. The second-order valence-corrected chi connectivity index (χ2v) is 3.51. The molecule has 0 saturated carbocycles. The number of carboxylic acids is 1. The number of carboxylic acid groups (broad SMARTS) is 1. The molecule has 0 aliphatic rings. The third-order valence-electron chi connectivity index (χ3n) is 2.20. The fraction of sp³-hybridized carbons (Fsp3) is 0. The van der Waals surface area contributed by atoms with E-state index in [0.717, 1.165) is 12.1 Å². The van der Waals surface area contributed by atoms with Crippen molar-refractivity contribution in [2.75, 3.05) is 0 Å². The van der Waals surface area contributed by atoms with Gasteiger partial charge in [0, 0.05) is 6.07 Å². The van der Waals surface area contributed by atoms with Gasteiger partial charge in [0.25, 0.3) is 0 Å². The van der Waals surface area contributed by atoms with Gasteiger partial charge in [0.05, 0.1) is 5.56 Å². The summed E-state index contributed by atoms with van der Waals surface area (Å²) in [7, 11) is 0. The summed E-state index contributed by atoms with van der Waals surface area (Å²) in [4.78, 5) is 10.6. The third kappa shape index (κ3) is 2.63. The van der Waals surface area contributed by atoms with E-state index in [4.69, 9.17) is 9.84 Å². The lowest BCUT2D eigenvalue weighted by Crippen LogP contribution is -1.98. The maximum atomic E-state index is 13.5. The fourth-order valence-electron chi connectivity index (χ4n) is 1.37. The second-order valence-electron chi connectivity index (χ2n) is 3.51. The van der Waals surface area contributed by atoms with Crippen LogP contribution in [0.25, 0.3) is 0 Å². The van der Waals surface area contributed by atoms with Gasteiger partial charge in [0.2, 0.25) is 0 Å². The molecule has 0 aromatic heterocycles. The standard InChI is InChI=1S/C13H8F2O3/c14-9-2-1-3-10(7-9)18-12-5-4-8(13(16)17)6-11(12)15/h1-7H,(H,16,17). The number of ether oxygens (including phenoxy) is 1. The zero-order chi connectivity index (χ0) is 13.1. The monoisotopic (exact) mass is 250 g/mol. The lowest BCUT2D eigenvalue weighted by atomic mass is 10.2. The summed E-state index contributed by atoms with van der Waals surface area (Å²) in [5, 5.41) is 8.67. The highest BCUT2D eigenvalue weighted by molar-refractivity contribution is 5.87. The third-order valence-corrected chi connectivity index (χ3v) is 2.20. The highest BCUT2D eigenvalue weighted by atomic mass is 19.1. The first-order valence-electron chi connectivity index (χ1n) is 5.02. The second kappa shape index (κ2) is 4.83. The van der Waals surface area contributed by atoms with Crippen LogP contribution in [0.5, 0.6) is 11.5 Å². The molecule has 0 radical (unpaired) electrons. The van der Waals surface area contributed by atoms with E-state index in [9.17, 15) is 13.6 Å². The summed E-state index contributed by atoms with van der Waals surface area (Å²) in [6.07, 6.45) is 0. The van der Waals surface area contributed by atoms with Crippen LogP contribution in [-0.2, 0) is 0 Å². The number of benzene rings is 2. The quantitative estimate of drug-likeness (QED) is 0.907. The first-order chi connectivity index (χ1) is 8.56. The maximum absolute atomic E-state index is 13.5. The topological polar surface area (TPSA) is 46.5 Å². The lowest BCUT2D eigenvalue weighted by molar-refractivity contribution is 0.0696. The molecule has 0 aliphatic heterocycles. The Bertz CT molecular complexity index is 597. The molecular formula is C13H8F2O3. The Morgan fingerprint density at radius 2 is 1.89 bits per heavy atom. The number of halogens is 2. The van der Waals surface area contributed by atoms with Gasteiger partial charge in [0.15, 0.2) is 11.6 Å². The van der Waals surface area contributed by atoms with Gasteiger partial charge in [-0.2, -0.15) is 0 Å². The molecule has 2 rings (SSSR count). The first-order valence-corrected chi connectivity index (χ1v) is 5.02. The molecular weight excluding hydrogens is 242 g/mol. The van der Waals surface area contributed by atoms with Gasteiger partial charge in [-0.05, 0) is 30.3 Å². The molecule has 2 aromatic carbocycles. The predicted octanol–water partition coefficient (Wildman–Crippen LogP) is 3.46. The molecule has 3 nitrogen and oxygen atoms in total. The van der Waals surface area contributed by atoms with Crippen LogP contribution in [0, 0.1) is 11.6 Å². The van der Waals surface area contributed by atoms with Crippen LogP contribution in [0.3, 0.4) is 0 Å². The van der Waals surface area contributed by atoms with Crippen molar-refractivity contribution < 1.29 is 23.4 Å². The van der Waals surface area contributed by atoms with Crippen molar-refractivity contribution in [3.8, 4) is 11.5 Å². The number of carbonyl (C=O) groups is 1. The van der Waals surface area contributed by atoms with Crippen LogP contribution in [0.2, 0.25) is 0 Å². The van der Waals surface area contributed by atoms with Gasteiger partial charge in [-0.25, -0.2) is 13.6 Å². The van der Waals surface area contributed by atoms with Crippen molar-refractivity contribution in [3.63, 3.8) is 0 Å². The Morgan fingerprint density at radius 3 is 2.50 bits per heavy atom. The molecule has 5 heteroatoms. The Hall–Kier alpha value is -2.43.